The molecule has 3 rings (SSSR count). The molecule has 1 aromatic heterocycles. The van der Waals surface area contributed by atoms with Crippen LogP contribution in [0.15, 0.2) is 61.3 Å². The van der Waals surface area contributed by atoms with Crippen molar-refractivity contribution in [3.8, 4) is 0 Å². The third kappa shape index (κ3) is 4.49. The molecule has 1 aliphatic rings. The summed E-state index contributed by atoms with van der Waals surface area (Å²) in [6.07, 6.45) is 3.63. The van der Waals surface area contributed by atoms with Crippen LogP contribution in [0.25, 0.3) is 0 Å². The molecule has 1 aromatic carbocycles. The summed E-state index contributed by atoms with van der Waals surface area (Å²) in [5, 5.41) is 0. The maximum absolute atomic E-state index is 12.7. The largest absolute Gasteiger partial charge is 0.354 e. The number of pyridine rings is 1. The molecule has 1 aliphatic heterocycles. The average Bonchev–Trinajstić information content (AvgIpc) is 2.69. The number of aromatic nitrogens is 1. The number of amides is 1. The minimum atomic E-state index is 0.00800. The van der Waals surface area contributed by atoms with Gasteiger partial charge in [0, 0.05) is 51.0 Å². The van der Waals surface area contributed by atoms with Crippen LogP contribution in [0.2, 0.25) is 0 Å². The fourth-order valence-electron chi connectivity index (χ4n) is 3.09. The van der Waals surface area contributed by atoms with E-state index in [0.717, 1.165) is 37.6 Å². The second-order valence-corrected chi connectivity index (χ2v) is 6.66. The number of carbonyl (C=O) groups excluding carboxylic acids is 1. The molecule has 0 atom stereocenters. The first-order valence-electron chi connectivity index (χ1n) is 9.01. The van der Waals surface area contributed by atoms with Crippen LogP contribution in [0.1, 0.15) is 15.9 Å². The normalized spacial score (nSPS) is 14.9. The number of rotatable bonds is 6. The third-order valence-electron chi connectivity index (χ3n) is 4.67. The van der Waals surface area contributed by atoms with Crippen LogP contribution < -0.4 is 4.90 Å². The summed E-state index contributed by atoms with van der Waals surface area (Å²) >= 11 is 0. The molecular formula is C21H26N4O. The van der Waals surface area contributed by atoms with E-state index < -0.39 is 0 Å². The molecule has 0 aliphatic carbocycles. The van der Waals surface area contributed by atoms with Crippen molar-refractivity contribution in [1.29, 1.82) is 0 Å². The maximum atomic E-state index is 12.7. The monoisotopic (exact) mass is 350 g/mol. The molecule has 2 aromatic rings. The Bertz CT molecular complexity index is 721. The fourth-order valence-corrected chi connectivity index (χ4v) is 3.09. The van der Waals surface area contributed by atoms with E-state index in [9.17, 15) is 4.79 Å². The first kappa shape index (κ1) is 18.1. The maximum Gasteiger partial charge on any atom is 0.254 e. The zero-order chi connectivity index (χ0) is 18.4. The lowest BCUT2D eigenvalue weighted by atomic mass is 10.1. The van der Waals surface area contributed by atoms with E-state index in [0.29, 0.717) is 18.7 Å². The van der Waals surface area contributed by atoms with Gasteiger partial charge in [0.05, 0.1) is 0 Å². The van der Waals surface area contributed by atoms with Crippen molar-refractivity contribution in [2.24, 2.45) is 0 Å². The molecule has 0 saturated carbocycles. The van der Waals surface area contributed by atoms with Gasteiger partial charge in [0.1, 0.15) is 5.82 Å². The predicted molar refractivity (Wildman–Crippen MR) is 105 cm³/mol. The van der Waals surface area contributed by atoms with Gasteiger partial charge in [-0.3, -0.25) is 4.79 Å². The van der Waals surface area contributed by atoms with Gasteiger partial charge in [0.2, 0.25) is 0 Å². The minimum Gasteiger partial charge on any atom is -0.354 e. The zero-order valence-corrected chi connectivity index (χ0v) is 15.3. The lowest BCUT2D eigenvalue weighted by molar-refractivity contribution is 0.0762. The number of anilines is 1. The Morgan fingerprint density at radius 3 is 2.50 bits per heavy atom. The average molecular weight is 350 g/mol. The van der Waals surface area contributed by atoms with Crippen LogP contribution in [-0.4, -0.2) is 60.5 Å². The molecule has 0 bridgehead atoms. The summed E-state index contributed by atoms with van der Waals surface area (Å²) in [6.45, 7) is 8.92. The van der Waals surface area contributed by atoms with E-state index in [1.54, 1.807) is 11.0 Å². The standard InChI is InChI=1S/C21H26N4O/c1-3-11-25(21(26)19-7-5-4-6-8-19)17-18-9-10-20(22-16-18)24-14-12-23(2)13-15-24/h3-10,16H,1,11-15,17H2,2H3. The summed E-state index contributed by atoms with van der Waals surface area (Å²) in [6, 6.07) is 13.5. The van der Waals surface area contributed by atoms with Crippen molar-refractivity contribution in [3.63, 3.8) is 0 Å². The molecule has 0 spiro atoms. The van der Waals surface area contributed by atoms with Crippen LogP contribution in [0.4, 0.5) is 5.82 Å². The van der Waals surface area contributed by atoms with Gasteiger partial charge in [-0.25, -0.2) is 4.98 Å². The van der Waals surface area contributed by atoms with Crippen LogP contribution >= 0.6 is 0 Å². The molecule has 5 nitrogen and oxygen atoms in total. The molecule has 26 heavy (non-hydrogen) atoms. The predicted octanol–water partition coefficient (Wildman–Crippen LogP) is 2.66. The Morgan fingerprint density at radius 2 is 1.88 bits per heavy atom. The second kappa shape index (κ2) is 8.63. The van der Waals surface area contributed by atoms with Gasteiger partial charge < -0.3 is 14.7 Å². The van der Waals surface area contributed by atoms with Crippen LogP contribution in [0.5, 0.6) is 0 Å². The van der Waals surface area contributed by atoms with Gasteiger partial charge >= 0.3 is 0 Å². The van der Waals surface area contributed by atoms with Gasteiger partial charge in [-0.05, 0) is 30.8 Å². The van der Waals surface area contributed by atoms with E-state index in [-0.39, 0.29) is 5.91 Å². The van der Waals surface area contributed by atoms with E-state index in [1.807, 2.05) is 36.5 Å². The lowest BCUT2D eigenvalue weighted by Gasteiger charge is -2.33. The van der Waals surface area contributed by atoms with E-state index in [2.05, 4.69) is 40.5 Å². The molecule has 0 unspecified atom stereocenters. The van der Waals surface area contributed by atoms with Gasteiger partial charge in [0.25, 0.3) is 5.91 Å². The number of benzene rings is 1. The summed E-state index contributed by atoms with van der Waals surface area (Å²) in [5.74, 6) is 1.01. The Hall–Kier alpha value is -2.66. The molecule has 1 fully saturated rings. The van der Waals surface area contributed by atoms with E-state index >= 15 is 0 Å². The number of hydrogen-bond donors (Lipinski definition) is 0. The number of carbonyl (C=O) groups is 1. The summed E-state index contributed by atoms with van der Waals surface area (Å²) in [7, 11) is 2.14. The zero-order valence-electron chi connectivity index (χ0n) is 15.3. The number of likely N-dealkylation sites (N-methyl/N-ethyl adjacent to an activating group) is 1. The molecule has 0 N–H and O–H groups in total. The fraction of sp³-hybridized carbons (Fsp3) is 0.333. The van der Waals surface area contributed by atoms with Crippen molar-refractivity contribution < 1.29 is 4.79 Å². The SMILES string of the molecule is C=CCN(Cc1ccc(N2CCN(C)CC2)nc1)C(=O)c1ccccc1. The topological polar surface area (TPSA) is 39.7 Å². The van der Waals surface area contributed by atoms with Gasteiger partial charge in [-0.2, -0.15) is 0 Å². The van der Waals surface area contributed by atoms with Crippen molar-refractivity contribution in [1.82, 2.24) is 14.8 Å². The van der Waals surface area contributed by atoms with Crippen molar-refractivity contribution in [3.05, 3.63) is 72.4 Å². The second-order valence-electron chi connectivity index (χ2n) is 6.66. The number of hydrogen-bond acceptors (Lipinski definition) is 4. The van der Waals surface area contributed by atoms with Crippen LogP contribution in [0, 0.1) is 0 Å². The first-order chi connectivity index (χ1) is 12.7. The van der Waals surface area contributed by atoms with E-state index in [1.165, 1.54) is 0 Å². The number of piperazine rings is 1. The molecule has 5 heteroatoms. The third-order valence-corrected chi connectivity index (χ3v) is 4.67. The highest BCUT2D eigenvalue weighted by Crippen LogP contribution is 2.15. The summed E-state index contributed by atoms with van der Waals surface area (Å²) < 4.78 is 0. The van der Waals surface area contributed by atoms with Crippen LogP contribution in [-0.2, 0) is 6.54 Å². The highest BCUT2D eigenvalue weighted by Gasteiger charge is 2.17. The van der Waals surface area contributed by atoms with Gasteiger partial charge in [-0.15, -0.1) is 6.58 Å². The van der Waals surface area contributed by atoms with Crippen LogP contribution in [0.3, 0.4) is 0 Å². The highest BCUT2D eigenvalue weighted by molar-refractivity contribution is 5.94. The van der Waals surface area contributed by atoms with E-state index in [4.69, 9.17) is 0 Å². The minimum absolute atomic E-state index is 0.00800. The first-order valence-corrected chi connectivity index (χ1v) is 9.01. The highest BCUT2D eigenvalue weighted by atomic mass is 16.2. The lowest BCUT2D eigenvalue weighted by Crippen LogP contribution is -2.44. The van der Waals surface area contributed by atoms with Crippen molar-refractivity contribution in [2.75, 3.05) is 44.7 Å². The van der Waals surface area contributed by atoms with Crippen molar-refractivity contribution in [2.45, 2.75) is 6.54 Å². The Balaban J connectivity index is 1.67. The Kier molecular flexibility index (Phi) is 6.02. The molecule has 136 valence electrons. The Morgan fingerprint density at radius 1 is 1.15 bits per heavy atom. The molecule has 1 amide bonds. The van der Waals surface area contributed by atoms with Crippen molar-refractivity contribution >= 4 is 11.7 Å². The summed E-state index contributed by atoms with van der Waals surface area (Å²) in [5.41, 5.74) is 1.71. The smallest absolute Gasteiger partial charge is 0.254 e. The van der Waals surface area contributed by atoms with Gasteiger partial charge in [-0.1, -0.05) is 30.3 Å². The molecule has 1 saturated heterocycles. The molecule has 0 radical (unpaired) electrons. The number of nitrogens with zero attached hydrogens (tertiary/aromatic N) is 4. The molecular weight excluding hydrogens is 324 g/mol. The van der Waals surface area contributed by atoms with Gasteiger partial charge in [0.15, 0.2) is 0 Å². The quantitative estimate of drug-likeness (QED) is 0.751. The Labute approximate surface area is 155 Å². The summed E-state index contributed by atoms with van der Waals surface area (Å²) in [4.78, 5) is 23.8. The molecule has 2 heterocycles.